The molecule has 1 fully saturated rings. The molecule has 110 valence electrons. The second kappa shape index (κ2) is 6.75. The van der Waals surface area contributed by atoms with E-state index in [1.807, 2.05) is 0 Å². The molecule has 3 unspecified atom stereocenters. The van der Waals surface area contributed by atoms with Crippen LogP contribution in [0.4, 0.5) is 0 Å². The summed E-state index contributed by atoms with van der Waals surface area (Å²) >= 11 is 0. The van der Waals surface area contributed by atoms with Crippen molar-refractivity contribution in [3.05, 3.63) is 0 Å². The Kier molecular flexibility index (Phi) is 5.86. The Hall–Kier alpha value is -0.550. The molecule has 0 bridgehead atoms. The van der Waals surface area contributed by atoms with Gasteiger partial charge in [-0.15, -0.1) is 0 Å². The monoisotopic (exact) mass is 264 g/mol. The summed E-state index contributed by atoms with van der Waals surface area (Å²) in [5, 5.41) is 9.45. The summed E-state index contributed by atoms with van der Waals surface area (Å²) in [5.41, 5.74) is 0.368. The minimum atomic E-state index is 0.226. The van der Waals surface area contributed by atoms with E-state index in [-0.39, 0.29) is 5.92 Å². The van der Waals surface area contributed by atoms with Crippen LogP contribution in [0.25, 0.3) is 0 Å². The number of nitriles is 1. The molecule has 1 saturated carbocycles. The Morgan fingerprint density at radius 3 is 2.21 bits per heavy atom. The maximum absolute atomic E-state index is 9.45. The fourth-order valence-electron chi connectivity index (χ4n) is 3.67. The molecule has 0 N–H and O–H groups in total. The molecule has 0 radical (unpaired) electrons. The van der Waals surface area contributed by atoms with Gasteiger partial charge >= 0.3 is 0 Å². The number of rotatable bonds is 4. The van der Waals surface area contributed by atoms with Crippen molar-refractivity contribution in [2.75, 3.05) is 7.05 Å². The summed E-state index contributed by atoms with van der Waals surface area (Å²) < 4.78 is 0. The van der Waals surface area contributed by atoms with Gasteiger partial charge in [0.05, 0.1) is 12.0 Å². The minimum absolute atomic E-state index is 0.226. The van der Waals surface area contributed by atoms with Crippen LogP contribution in [-0.4, -0.2) is 24.0 Å². The molecule has 3 atom stereocenters. The Bertz CT molecular complexity index is 306. The van der Waals surface area contributed by atoms with E-state index < -0.39 is 0 Å². The highest BCUT2D eigenvalue weighted by molar-refractivity contribution is 4.99. The van der Waals surface area contributed by atoms with Crippen molar-refractivity contribution in [2.24, 2.45) is 17.3 Å². The molecule has 2 nitrogen and oxygen atoms in total. The average molecular weight is 264 g/mol. The lowest BCUT2D eigenvalue weighted by molar-refractivity contribution is 0.0490. The highest BCUT2D eigenvalue weighted by Gasteiger charge is 2.38. The fraction of sp³-hybridized carbons (Fsp3) is 0.941. The maximum Gasteiger partial charge on any atom is 0.0672 e. The number of nitrogens with zero attached hydrogens (tertiary/aromatic N) is 2. The molecule has 1 rings (SSSR count). The smallest absolute Gasteiger partial charge is 0.0672 e. The molecule has 0 spiro atoms. The van der Waals surface area contributed by atoms with Crippen LogP contribution in [0.3, 0.4) is 0 Å². The molecule has 0 aliphatic heterocycles. The molecule has 0 aromatic rings. The third-order valence-corrected chi connectivity index (χ3v) is 5.25. The van der Waals surface area contributed by atoms with Crippen molar-refractivity contribution < 1.29 is 0 Å². The van der Waals surface area contributed by atoms with Crippen molar-refractivity contribution in [3.63, 3.8) is 0 Å². The van der Waals surface area contributed by atoms with E-state index in [4.69, 9.17) is 0 Å². The fourth-order valence-corrected chi connectivity index (χ4v) is 3.67. The van der Waals surface area contributed by atoms with Crippen LogP contribution in [0.15, 0.2) is 0 Å². The second-order valence-electron chi connectivity index (χ2n) is 7.31. The third kappa shape index (κ3) is 3.96. The zero-order valence-corrected chi connectivity index (χ0v) is 13.7. The molecule has 0 aromatic heterocycles. The van der Waals surface area contributed by atoms with Gasteiger partial charge in [-0.05, 0) is 50.5 Å². The Balaban J connectivity index is 2.83. The molecular weight excluding hydrogens is 232 g/mol. The molecule has 0 saturated heterocycles. The van der Waals surface area contributed by atoms with Gasteiger partial charge < -0.3 is 0 Å². The summed E-state index contributed by atoms with van der Waals surface area (Å²) in [6.45, 7) is 11.6. The van der Waals surface area contributed by atoms with Crippen molar-refractivity contribution >= 4 is 0 Å². The van der Waals surface area contributed by atoms with Gasteiger partial charge in [0.25, 0.3) is 0 Å². The van der Waals surface area contributed by atoms with Gasteiger partial charge in [0.1, 0.15) is 0 Å². The highest BCUT2D eigenvalue weighted by Crippen LogP contribution is 2.41. The van der Waals surface area contributed by atoms with Crippen LogP contribution in [0, 0.1) is 28.6 Å². The van der Waals surface area contributed by atoms with Crippen LogP contribution in [0.5, 0.6) is 0 Å². The van der Waals surface area contributed by atoms with E-state index >= 15 is 0 Å². The lowest BCUT2D eigenvalue weighted by atomic mass is 9.67. The molecular formula is C17H32N2. The van der Waals surface area contributed by atoms with Crippen LogP contribution in [0.2, 0.25) is 0 Å². The predicted molar refractivity (Wildman–Crippen MR) is 81.8 cm³/mol. The Morgan fingerprint density at radius 1 is 1.21 bits per heavy atom. The van der Waals surface area contributed by atoms with Crippen LogP contribution in [-0.2, 0) is 0 Å². The Morgan fingerprint density at radius 2 is 1.79 bits per heavy atom. The molecule has 2 heteroatoms. The normalized spacial score (nSPS) is 28.7. The van der Waals surface area contributed by atoms with Gasteiger partial charge in [-0.2, -0.15) is 5.26 Å². The number of hydrogen-bond acceptors (Lipinski definition) is 2. The summed E-state index contributed by atoms with van der Waals surface area (Å²) in [6.07, 6.45) is 5.85. The first-order valence-corrected chi connectivity index (χ1v) is 7.96. The van der Waals surface area contributed by atoms with Gasteiger partial charge in [-0.1, -0.05) is 34.6 Å². The molecule has 0 aromatic carbocycles. The zero-order valence-electron chi connectivity index (χ0n) is 13.7. The van der Waals surface area contributed by atoms with Crippen LogP contribution in [0.1, 0.15) is 66.7 Å². The molecule has 1 aliphatic carbocycles. The van der Waals surface area contributed by atoms with Crippen molar-refractivity contribution in [1.29, 1.82) is 5.26 Å². The van der Waals surface area contributed by atoms with Gasteiger partial charge in [-0.3, -0.25) is 4.90 Å². The van der Waals surface area contributed by atoms with Crippen LogP contribution >= 0.6 is 0 Å². The van der Waals surface area contributed by atoms with Crippen LogP contribution < -0.4 is 0 Å². The minimum Gasteiger partial charge on any atom is -0.299 e. The van der Waals surface area contributed by atoms with Gasteiger partial charge in [-0.25, -0.2) is 0 Å². The quantitative estimate of drug-likeness (QED) is 0.749. The topological polar surface area (TPSA) is 27.0 Å². The van der Waals surface area contributed by atoms with Crippen molar-refractivity contribution in [1.82, 2.24) is 4.90 Å². The molecule has 0 amide bonds. The first-order chi connectivity index (χ1) is 8.85. The van der Waals surface area contributed by atoms with Gasteiger partial charge in [0, 0.05) is 12.1 Å². The lowest BCUT2D eigenvalue weighted by Crippen LogP contribution is -2.48. The second-order valence-corrected chi connectivity index (χ2v) is 7.31. The van der Waals surface area contributed by atoms with E-state index in [0.717, 1.165) is 12.3 Å². The van der Waals surface area contributed by atoms with Gasteiger partial charge in [0.15, 0.2) is 0 Å². The summed E-state index contributed by atoms with van der Waals surface area (Å²) in [4.78, 5) is 2.51. The van der Waals surface area contributed by atoms with E-state index in [9.17, 15) is 5.26 Å². The maximum atomic E-state index is 9.45. The predicted octanol–water partition coefficient (Wildman–Crippen LogP) is 4.46. The SMILES string of the molecule is CCC(CC)N(C)C1CC(C(C)(C)C)CCC1C#N. The van der Waals surface area contributed by atoms with E-state index in [2.05, 4.69) is 52.6 Å². The average Bonchev–Trinajstić information content (AvgIpc) is 2.38. The standard InChI is InChI=1S/C17H32N2/c1-7-15(8-2)19(6)16-11-14(17(3,4)5)10-9-13(16)12-18/h13-16H,7-11H2,1-6H3. The molecule has 0 heterocycles. The first-order valence-electron chi connectivity index (χ1n) is 7.96. The van der Waals surface area contributed by atoms with E-state index in [0.29, 0.717) is 17.5 Å². The molecule has 1 aliphatic rings. The summed E-state index contributed by atoms with van der Waals surface area (Å²) in [7, 11) is 2.23. The van der Waals surface area contributed by atoms with Gasteiger partial charge in [0.2, 0.25) is 0 Å². The first kappa shape index (κ1) is 16.5. The Labute approximate surface area is 120 Å². The highest BCUT2D eigenvalue weighted by atomic mass is 15.2. The largest absolute Gasteiger partial charge is 0.299 e. The summed E-state index contributed by atoms with van der Waals surface area (Å²) in [6, 6.07) is 3.64. The lowest BCUT2D eigenvalue weighted by Gasteiger charge is -2.45. The molecule has 19 heavy (non-hydrogen) atoms. The van der Waals surface area contributed by atoms with E-state index in [1.54, 1.807) is 0 Å². The van der Waals surface area contributed by atoms with E-state index in [1.165, 1.54) is 25.7 Å². The third-order valence-electron chi connectivity index (χ3n) is 5.25. The number of hydrogen-bond donors (Lipinski definition) is 0. The zero-order chi connectivity index (χ0) is 14.6. The summed E-state index contributed by atoms with van der Waals surface area (Å²) in [5.74, 6) is 0.975. The van der Waals surface area contributed by atoms with Crippen molar-refractivity contribution in [2.45, 2.75) is 78.8 Å². The van der Waals surface area contributed by atoms with Crippen molar-refractivity contribution in [3.8, 4) is 6.07 Å².